The molecular weight excluding hydrogens is 286 g/mol. The van der Waals surface area contributed by atoms with Gasteiger partial charge in [-0.1, -0.05) is 42.5 Å². The van der Waals surface area contributed by atoms with Crippen LogP contribution in [-0.2, 0) is 4.79 Å². The van der Waals surface area contributed by atoms with Crippen LogP contribution in [0.5, 0.6) is 5.75 Å². The lowest BCUT2D eigenvalue weighted by Crippen LogP contribution is -2.18. The lowest BCUT2D eigenvalue weighted by Gasteiger charge is -2.13. The van der Waals surface area contributed by atoms with Crippen molar-refractivity contribution in [2.24, 2.45) is 0 Å². The molecule has 0 spiro atoms. The smallest absolute Gasteiger partial charge is 0.231 e. The molecule has 3 rings (SSSR count). The highest BCUT2D eigenvalue weighted by Crippen LogP contribution is 2.25. The Morgan fingerprint density at radius 1 is 0.957 bits per heavy atom. The van der Waals surface area contributed by atoms with Crippen molar-refractivity contribution in [3.63, 3.8) is 0 Å². The molecule has 0 radical (unpaired) electrons. The van der Waals surface area contributed by atoms with Crippen LogP contribution in [0.3, 0.4) is 0 Å². The number of hydrogen-bond acceptors (Lipinski definition) is 2. The fraction of sp³-hybridized carbons (Fsp3) is 0.150. The number of hydrogen-bond donors (Lipinski definition) is 1. The van der Waals surface area contributed by atoms with Crippen molar-refractivity contribution in [3.05, 3.63) is 72.3 Å². The van der Waals surface area contributed by atoms with Crippen LogP contribution in [0.15, 0.2) is 66.7 Å². The van der Waals surface area contributed by atoms with E-state index in [1.807, 2.05) is 67.6 Å². The van der Waals surface area contributed by atoms with Crippen LogP contribution in [0.1, 0.15) is 18.4 Å². The number of fused-ring (bicyclic) bond motifs is 1. The lowest BCUT2D eigenvalue weighted by molar-refractivity contribution is -0.117. The van der Waals surface area contributed by atoms with Crippen LogP contribution in [0.4, 0.5) is 5.69 Å². The van der Waals surface area contributed by atoms with Gasteiger partial charge in [-0.3, -0.25) is 4.79 Å². The number of nitrogens with one attached hydrogen (secondary N) is 1. The first-order valence-corrected chi connectivity index (χ1v) is 7.61. The Hall–Kier alpha value is -2.81. The van der Waals surface area contributed by atoms with E-state index in [4.69, 9.17) is 4.74 Å². The Bertz CT molecular complexity index is 827. The number of rotatable bonds is 4. The summed E-state index contributed by atoms with van der Waals surface area (Å²) in [4.78, 5) is 12.4. The standard InChI is InChI=1S/C20H19NO2/c1-14(20(22)21-18-6-4-3-5-7-18)15-8-9-17-13-19(23-2)11-10-16(17)12-15/h3-14H,1-2H3,(H,21,22)/t14-/m1/s1. The average Bonchev–Trinajstić information content (AvgIpc) is 2.61. The van der Waals surface area contributed by atoms with Gasteiger partial charge >= 0.3 is 0 Å². The molecule has 3 heteroatoms. The van der Waals surface area contributed by atoms with Gasteiger partial charge in [0.25, 0.3) is 0 Å². The first kappa shape index (κ1) is 15.1. The molecule has 1 N–H and O–H groups in total. The third-order valence-corrected chi connectivity index (χ3v) is 4.01. The van der Waals surface area contributed by atoms with Crippen molar-refractivity contribution in [1.82, 2.24) is 0 Å². The highest BCUT2D eigenvalue weighted by atomic mass is 16.5. The van der Waals surface area contributed by atoms with Gasteiger partial charge in [-0.05, 0) is 47.5 Å². The Balaban J connectivity index is 1.82. The summed E-state index contributed by atoms with van der Waals surface area (Å²) in [6.45, 7) is 1.92. The van der Waals surface area contributed by atoms with Crippen molar-refractivity contribution in [2.75, 3.05) is 12.4 Å². The summed E-state index contributed by atoms with van der Waals surface area (Å²) in [7, 11) is 1.66. The summed E-state index contributed by atoms with van der Waals surface area (Å²) in [5, 5.41) is 5.15. The minimum Gasteiger partial charge on any atom is -0.497 e. The first-order chi connectivity index (χ1) is 11.2. The quantitative estimate of drug-likeness (QED) is 0.765. The molecule has 0 saturated heterocycles. The molecular formula is C20H19NO2. The second kappa shape index (κ2) is 6.53. The molecule has 3 aromatic carbocycles. The molecule has 0 aliphatic heterocycles. The zero-order valence-corrected chi connectivity index (χ0v) is 13.2. The second-order valence-electron chi connectivity index (χ2n) is 5.55. The maximum absolute atomic E-state index is 12.4. The maximum atomic E-state index is 12.4. The van der Waals surface area contributed by atoms with E-state index in [0.717, 1.165) is 27.8 Å². The van der Waals surface area contributed by atoms with Crippen molar-refractivity contribution in [1.29, 1.82) is 0 Å². The van der Waals surface area contributed by atoms with Crippen molar-refractivity contribution < 1.29 is 9.53 Å². The number of para-hydroxylation sites is 1. The van der Waals surface area contributed by atoms with Crippen LogP contribution in [0.25, 0.3) is 10.8 Å². The molecule has 0 unspecified atom stereocenters. The highest BCUT2D eigenvalue weighted by Gasteiger charge is 2.15. The zero-order chi connectivity index (χ0) is 16.2. The highest BCUT2D eigenvalue weighted by molar-refractivity contribution is 5.96. The summed E-state index contributed by atoms with van der Waals surface area (Å²) in [6, 6.07) is 21.5. The Kier molecular flexibility index (Phi) is 4.29. The van der Waals surface area contributed by atoms with E-state index in [1.54, 1.807) is 7.11 Å². The van der Waals surface area contributed by atoms with Crippen molar-refractivity contribution >= 4 is 22.4 Å². The van der Waals surface area contributed by atoms with Crippen LogP contribution in [-0.4, -0.2) is 13.0 Å². The summed E-state index contributed by atoms with van der Waals surface area (Å²) in [6.07, 6.45) is 0. The normalized spacial score (nSPS) is 11.9. The van der Waals surface area contributed by atoms with E-state index < -0.39 is 0 Å². The summed E-state index contributed by atoms with van der Waals surface area (Å²) >= 11 is 0. The van der Waals surface area contributed by atoms with Crippen LogP contribution in [0.2, 0.25) is 0 Å². The molecule has 23 heavy (non-hydrogen) atoms. The summed E-state index contributed by atoms with van der Waals surface area (Å²) in [5.41, 5.74) is 1.81. The third-order valence-electron chi connectivity index (χ3n) is 4.01. The molecule has 0 aliphatic carbocycles. The van der Waals surface area contributed by atoms with Gasteiger partial charge in [0.1, 0.15) is 5.75 Å². The van der Waals surface area contributed by atoms with E-state index in [1.165, 1.54) is 0 Å². The van der Waals surface area contributed by atoms with Crippen molar-refractivity contribution in [2.45, 2.75) is 12.8 Å². The first-order valence-electron chi connectivity index (χ1n) is 7.61. The molecule has 1 amide bonds. The molecule has 1 atom stereocenters. The number of carbonyl (C=O) groups excluding carboxylic acids is 1. The molecule has 0 bridgehead atoms. The molecule has 0 saturated carbocycles. The largest absolute Gasteiger partial charge is 0.497 e. The number of methoxy groups -OCH3 is 1. The number of anilines is 1. The molecule has 3 aromatic rings. The predicted octanol–water partition coefficient (Wildman–Crippen LogP) is 4.59. The van der Waals surface area contributed by atoms with Gasteiger partial charge in [0, 0.05) is 5.69 Å². The van der Waals surface area contributed by atoms with E-state index in [2.05, 4.69) is 11.4 Å². The van der Waals surface area contributed by atoms with E-state index in [0.29, 0.717) is 0 Å². The zero-order valence-electron chi connectivity index (χ0n) is 13.2. The molecule has 116 valence electrons. The van der Waals surface area contributed by atoms with Gasteiger partial charge in [-0.2, -0.15) is 0 Å². The van der Waals surface area contributed by atoms with E-state index >= 15 is 0 Å². The molecule has 3 nitrogen and oxygen atoms in total. The minimum atomic E-state index is -0.221. The number of amides is 1. The van der Waals surface area contributed by atoms with Gasteiger partial charge in [-0.25, -0.2) is 0 Å². The number of benzene rings is 3. The third kappa shape index (κ3) is 3.34. The van der Waals surface area contributed by atoms with Crippen LogP contribution in [0, 0.1) is 0 Å². The van der Waals surface area contributed by atoms with E-state index in [-0.39, 0.29) is 11.8 Å². The predicted molar refractivity (Wildman–Crippen MR) is 94.0 cm³/mol. The Morgan fingerprint density at radius 2 is 1.65 bits per heavy atom. The van der Waals surface area contributed by atoms with Crippen LogP contribution < -0.4 is 10.1 Å². The van der Waals surface area contributed by atoms with Gasteiger partial charge in [0.2, 0.25) is 5.91 Å². The molecule has 0 aliphatic rings. The number of carbonyl (C=O) groups is 1. The van der Waals surface area contributed by atoms with Gasteiger partial charge in [0.15, 0.2) is 0 Å². The maximum Gasteiger partial charge on any atom is 0.231 e. The summed E-state index contributed by atoms with van der Waals surface area (Å²) < 4.78 is 5.24. The molecule has 0 aromatic heterocycles. The van der Waals surface area contributed by atoms with Gasteiger partial charge in [-0.15, -0.1) is 0 Å². The second-order valence-corrected chi connectivity index (χ2v) is 5.55. The Labute approximate surface area is 135 Å². The van der Waals surface area contributed by atoms with Gasteiger partial charge in [0.05, 0.1) is 13.0 Å². The van der Waals surface area contributed by atoms with Gasteiger partial charge < -0.3 is 10.1 Å². The topological polar surface area (TPSA) is 38.3 Å². The SMILES string of the molecule is COc1ccc2cc([C@@H](C)C(=O)Nc3ccccc3)ccc2c1. The van der Waals surface area contributed by atoms with Crippen molar-refractivity contribution in [3.8, 4) is 5.75 Å². The summed E-state index contributed by atoms with van der Waals surface area (Å²) in [5.74, 6) is 0.603. The number of ether oxygens (including phenoxy) is 1. The monoisotopic (exact) mass is 305 g/mol. The molecule has 0 heterocycles. The Morgan fingerprint density at radius 3 is 2.39 bits per heavy atom. The minimum absolute atomic E-state index is 0.0101. The fourth-order valence-corrected chi connectivity index (χ4v) is 2.56. The lowest BCUT2D eigenvalue weighted by atomic mass is 9.97. The average molecular weight is 305 g/mol. The van der Waals surface area contributed by atoms with E-state index in [9.17, 15) is 4.79 Å². The van der Waals surface area contributed by atoms with Crippen LogP contribution >= 0.6 is 0 Å². The molecule has 0 fully saturated rings. The fourth-order valence-electron chi connectivity index (χ4n) is 2.56.